The SMILES string of the molecule is COCC(NCCN(C)C)(C(=O)OC)C(C)C. The molecular weight excluding hydrogens is 220 g/mol. The molecule has 17 heavy (non-hydrogen) atoms. The van der Waals surface area contributed by atoms with E-state index in [4.69, 9.17) is 9.47 Å². The van der Waals surface area contributed by atoms with Gasteiger partial charge in [0.2, 0.25) is 0 Å². The number of hydrogen-bond donors (Lipinski definition) is 1. The number of rotatable bonds is 8. The van der Waals surface area contributed by atoms with Crippen LogP contribution in [0.1, 0.15) is 13.8 Å². The van der Waals surface area contributed by atoms with Crippen LogP contribution in [0.15, 0.2) is 0 Å². The Morgan fingerprint density at radius 3 is 2.29 bits per heavy atom. The van der Waals surface area contributed by atoms with Gasteiger partial charge in [-0.3, -0.25) is 5.32 Å². The van der Waals surface area contributed by atoms with Crippen LogP contribution >= 0.6 is 0 Å². The van der Waals surface area contributed by atoms with Crippen LogP contribution < -0.4 is 5.32 Å². The Kier molecular flexibility index (Phi) is 7.34. The number of carbonyl (C=O) groups is 1. The fourth-order valence-corrected chi connectivity index (χ4v) is 1.70. The molecule has 0 fully saturated rings. The molecule has 0 aromatic carbocycles. The van der Waals surface area contributed by atoms with Gasteiger partial charge >= 0.3 is 5.97 Å². The van der Waals surface area contributed by atoms with Gasteiger partial charge < -0.3 is 14.4 Å². The molecule has 0 bridgehead atoms. The van der Waals surface area contributed by atoms with E-state index < -0.39 is 5.54 Å². The van der Waals surface area contributed by atoms with Crippen molar-refractivity contribution in [2.45, 2.75) is 19.4 Å². The van der Waals surface area contributed by atoms with Crippen molar-refractivity contribution in [3.8, 4) is 0 Å². The van der Waals surface area contributed by atoms with Crippen molar-refractivity contribution in [2.75, 3.05) is 48.0 Å². The van der Waals surface area contributed by atoms with Crippen LogP contribution in [0.4, 0.5) is 0 Å². The molecule has 1 unspecified atom stereocenters. The smallest absolute Gasteiger partial charge is 0.328 e. The lowest BCUT2D eigenvalue weighted by molar-refractivity contribution is -0.153. The molecule has 0 aromatic heterocycles. The largest absolute Gasteiger partial charge is 0.468 e. The predicted octanol–water partition coefficient (Wildman–Crippen LogP) is 0.352. The van der Waals surface area contributed by atoms with Gasteiger partial charge in [0.15, 0.2) is 0 Å². The maximum absolute atomic E-state index is 12.0. The average molecular weight is 246 g/mol. The Balaban J connectivity index is 4.72. The number of likely N-dealkylation sites (N-methyl/N-ethyl adjacent to an activating group) is 1. The second-order valence-electron chi connectivity index (χ2n) is 4.78. The van der Waals surface area contributed by atoms with Crippen LogP contribution in [-0.2, 0) is 14.3 Å². The Morgan fingerprint density at radius 2 is 1.94 bits per heavy atom. The van der Waals surface area contributed by atoms with Crippen LogP contribution in [0.2, 0.25) is 0 Å². The van der Waals surface area contributed by atoms with E-state index in [0.29, 0.717) is 13.2 Å². The summed E-state index contributed by atoms with van der Waals surface area (Å²) in [5.41, 5.74) is -0.764. The molecule has 5 heteroatoms. The minimum Gasteiger partial charge on any atom is -0.468 e. The first-order valence-corrected chi connectivity index (χ1v) is 5.87. The van der Waals surface area contributed by atoms with E-state index in [-0.39, 0.29) is 11.9 Å². The molecule has 0 saturated carbocycles. The van der Waals surface area contributed by atoms with Gasteiger partial charge in [0, 0.05) is 20.2 Å². The zero-order valence-electron chi connectivity index (χ0n) is 11.9. The topological polar surface area (TPSA) is 50.8 Å². The summed E-state index contributed by atoms with van der Waals surface area (Å²) in [4.78, 5) is 14.0. The van der Waals surface area contributed by atoms with E-state index in [1.54, 1.807) is 7.11 Å². The zero-order valence-corrected chi connectivity index (χ0v) is 11.9. The predicted molar refractivity (Wildman–Crippen MR) is 68.0 cm³/mol. The van der Waals surface area contributed by atoms with Crippen molar-refractivity contribution >= 4 is 5.97 Å². The van der Waals surface area contributed by atoms with E-state index in [9.17, 15) is 4.79 Å². The molecule has 1 N–H and O–H groups in total. The van der Waals surface area contributed by atoms with Gasteiger partial charge in [-0.15, -0.1) is 0 Å². The fraction of sp³-hybridized carbons (Fsp3) is 0.917. The third-order valence-corrected chi connectivity index (χ3v) is 2.91. The van der Waals surface area contributed by atoms with Crippen molar-refractivity contribution in [1.29, 1.82) is 0 Å². The molecule has 0 rings (SSSR count). The first-order chi connectivity index (χ1) is 7.90. The highest BCUT2D eigenvalue weighted by molar-refractivity contribution is 5.81. The average Bonchev–Trinajstić information content (AvgIpc) is 2.25. The number of methoxy groups -OCH3 is 2. The van der Waals surface area contributed by atoms with Gasteiger partial charge in [-0.2, -0.15) is 0 Å². The van der Waals surface area contributed by atoms with E-state index in [1.807, 2.05) is 27.9 Å². The number of hydrogen-bond acceptors (Lipinski definition) is 5. The summed E-state index contributed by atoms with van der Waals surface area (Å²) in [6, 6.07) is 0. The number of ether oxygens (including phenoxy) is 2. The third-order valence-electron chi connectivity index (χ3n) is 2.91. The van der Waals surface area contributed by atoms with Gasteiger partial charge in [0.05, 0.1) is 13.7 Å². The number of carbonyl (C=O) groups excluding carboxylic acids is 1. The molecule has 0 heterocycles. The van der Waals surface area contributed by atoms with Crippen LogP contribution in [-0.4, -0.2) is 64.4 Å². The van der Waals surface area contributed by atoms with Crippen LogP contribution in [0.5, 0.6) is 0 Å². The Bertz CT molecular complexity index is 232. The molecule has 1 atom stereocenters. The number of nitrogens with zero attached hydrogens (tertiary/aromatic N) is 1. The maximum atomic E-state index is 12.0. The second-order valence-corrected chi connectivity index (χ2v) is 4.78. The van der Waals surface area contributed by atoms with E-state index in [1.165, 1.54) is 7.11 Å². The van der Waals surface area contributed by atoms with E-state index >= 15 is 0 Å². The molecule has 0 spiro atoms. The summed E-state index contributed by atoms with van der Waals surface area (Å²) in [6.45, 7) is 5.85. The van der Waals surface area contributed by atoms with Crippen molar-refractivity contribution in [3.05, 3.63) is 0 Å². The summed E-state index contributed by atoms with van der Waals surface area (Å²) in [5.74, 6) is -0.176. The highest BCUT2D eigenvalue weighted by Crippen LogP contribution is 2.19. The molecule has 0 radical (unpaired) electrons. The molecule has 0 aliphatic carbocycles. The summed E-state index contributed by atoms with van der Waals surface area (Å²) < 4.78 is 10.1. The minimum atomic E-state index is -0.764. The lowest BCUT2D eigenvalue weighted by atomic mass is 9.87. The molecule has 0 saturated heterocycles. The second kappa shape index (κ2) is 7.63. The van der Waals surface area contributed by atoms with Crippen molar-refractivity contribution in [3.63, 3.8) is 0 Å². The van der Waals surface area contributed by atoms with E-state index in [2.05, 4.69) is 10.2 Å². The third kappa shape index (κ3) is 4.61. The normalized spacial score (nSPS) is 15.1. The molecule has 102 valence electrons. The minimum absolute atomic E-state index is 0.0945. The first-order valence-electron chi connectivity index (χ1n) is 5.87. The quantitative estimate of drug-likeness (QED) is 0.626. The standard InChI is InChI=1S/C12H26N2O3/c1-10(2)12(9-16-5,11(15)17-6)13-7-8-14(3)4/h10,13H,7-9H2,1-6H3. The van der Waals surface area contributed by atoms with Gasteiger partial charge in [-0.05, 0) is 20.0 Å². The van der Waals surface area contributed by atoms with E-state index in [0.717, 1.165) is 6.54 Å². The molecule has 0 aliphatic heterocycles. The van der Waals surface area contributed by atoms with Gasteiger partial charge in [-0.1, -0.05) is 13.8 Å². The van der Waals surface area contributed by atoms with Crippen LogP contribution in [0.3, 0.4) is 0 Å². The zero-order chi connectivity index (χ0) is 13.5. The number of nitrogens with one attached hydrogen (secondary N) is 1. The Labute approximate surface area is 104 Å². The number of esters is 1. The van der Waals surface area contributed by atoms with Crippen molar-refractivity contribution in [1.82, 2.24) is 10.2 Å². The van der Waals surface area contributed by atoms with Crippen LogP contribution in [0.25, 0.3) is 0 Å². The summed E-state index contributed by atoms with van der Waals surface area (Å²) in [6.07, 6.45) is 0. The molecule has 0 aromatic rings. The molecule has 0 aliphatic rings. The van der Waals surface area contributed by atoms with Gasteiger partial charge in [0.1, 0.15) is 5.54 Å². The lowest BCUT2D eigenvalue weighted by Crippen LogP contribution is -2.60. The molecule has 5 nitrogen and oxygen atoms in total. The van der Waals surface area contributed by atoms with Crippen molar-refractivity contribution < 1.29 is 14.3 Å². The molecular formula is C12H26N2O3. The van der Waals surface area contributed by atoms with Gasteiger partial charge in [-0.25, -0.2) is 4.79 Å². The summed E-state index contributed by atoms with van der Waals surface area (Å²) in [5, 5.41) is 3.27. The Hall–Kier alpha value is -0.650. The van der Waals surface area contributed by atoms with Gasteiger partial charge in [0.25, 0.3) is 0 Å². The highest BCUT2D eigenvalue weighted by atomic mass is 16.5. The monoisotopic (exact) mass is 246 g/mol. The highest BCUT2D eigenvalue weighted by Gasteiger charge is 2.42. The fourth-order valence-electron chi connectivity index (χ4n) is 1.70. The Morgan fingerprint density at radius 1 is 1.35 bits per heavy atom. The summed E-state index contributed by atoms with van der Waals surface area (Å²) in [7, 11) is 6.98. The maximum Gasteiger partial charge on any atom is 0.328 e. The summed E-state index contributed by atoms with van der Waals surface area (Å²) >= 11 is 0. The lowest BCUT2D eigenvalue weighted by Gasteiger charge is -2.35. The first kappa shape index (κ1) is 16.4. The van der Waals surface area contributed by atoms with Crippen molar-refractivity contribution in [2.24, 2.45) is 5.92 Å². The molecule has 0 amide bonds. The van der Waals surface area contributed by atoms with Crippen LogP contribution in [0, 0.1) is 5.92 Å².